The smallest absolute Gasteiger partial charge is 0.336 e. The van der Waals surface area contributed by atoms with Crippen molar-refractivity contribution in [1.29, 1.82) is 0 Å². The second kappa shape index (κ2) is 13.0. The van der Waals surface area contributed by atoms with Crippen LogP contribution in [-0.2, 0) is 52.4 Å². The highest BCUT2D eigenvalue weighted by Gasteiger charge is 2.74. The molecule has 4 rings (SSSR count). The van der Waals surface area contributed by atoms with Crippen LogP contribution in [-0.4, -0.2) is 101 Å². The highest BCUT2D eigenvalue weighted by Crippen LogP contribution is 2.65. The van der Waals surface area contributed by atoms with Gasteiger partial charge in [0.25, 0.3) is 0 Å². The number of aliphatic hydroxyl groups is 3. The Morgan fingerprint density at radius 1 is 1.04 bits per heavy atom. The summed E-state index contributed by atoms with van der Waals surface area (Å²) in [5, 5.41) is 30.6. The molecule has 0 aromatic heterocycles. The molecule has 2 aliphatic heterocycles. The van der Waals surface area contributed by atoms with E-state index in [1.807, 2.05) is 0 Å². The average molecular weight is 637 g/mol. The lowest BCUT2D eigenvalue weighted by Crippen LogP contribution is -2.65. The molecule has 4 aliphatic rings. The highest BCUT2D eigenvalue weighted by molar-refractivity contribution is 5.90. The number of rotatable bonds is 8. The van der Waals surface area contributed by atoms with Gasteiger partial charge in [-0.05, 0) is 52.0 Å². The zero-order valence-electron chi connectivity index (χ0n) is 25.8. The van der Waals surface area contributed by atoms with Crippen molar-refractivity contribution in [2.75, 3.05) is 13.7 Å². The number of carbonyl (C=O) groups is 5. The van der Waals surface area contributed by atoms with Gasteiger partial charge in [0.2, 0.25) is 6.29 Å². The number of esters is 5. The molecule has 0 radical (unpaired) electrons. The molecule has 14 heteroatoms. The second-order valence-electron chi connectivity index (χ2n) is 12.1. The number of methoxy groups -OCH3 is 1. The number of hydrogen-bond donors (Lipinski definition) is 3. The van der Waals surface area contributed by atoms with E-state index < -0.39 is 89.7 Å². The molecule has 45 heavy (non-hydrogen) atoms. The number of cyclic esters (lactones) is 1. The molecule has 0 aromatic carbocycles. The van der Waals surface area contributed by atoms with Crippen molar-refractivity contribution in [3.8, 4) is 0 Å². The molecule has 0 amide bonds. The summed E-state index contributed by atoms with van der Waals surface area (Å²) < 4.78 is 32.4. The Hall–Kier alpha value is -3.59. The van der Waals surface area contributed by atoms with Crippen molar-refractivity contribution < 1.29 is 67.7 Å². The Morgan fingerprint density at radius 3 is 2.40 bits per heavy atom. The van der Waals surface area contributed by atoms with E-state index in [2.05, 4.69) is 0 Å². The van der Waals surface area contributed by atoms with Crippen molar-refractivity contribution in [3.05, 3.63) is 35.5 Å². The van der Waals surface area contributed by atoms with Crippen molar-refractivity contribution >= 4 is 29.8 Å². The Bertz CT molecular complexity index is 1320. The summed E-state index contributed by atoms with van der Waals surface area (Å²) in [6.07, 6.45) is -0.466. The molecule has 1 saturated carbocycles. The van der Waals surface area contributed by atoms with Gasteiger partial charge in [-0.1, -0.05) is 18.2 Å². The zero-order valence-corrected chi connectivity index (χ0v) is 25.8. The van der Waals surface area contributed by atoms with Gasteiger partial charge in [-0.3, -0.25) is 14.4 Å². The summed E-state index contributed by atoms with van der Waals surface area (Å²) in [6, 6.07) is 0. The third-order valence-electron chi connectivity index (χ3n) is 9.30. The van der Waals surface area contributed by atoms with Crippen LogP contribution in [0.3, 0.4) is 0 Å². The monoisotopic (exact) mass is 636 g/mol. The van der Waals surface area contributed by atoms with E-state index >= 15 is 0 Å². The maximum absolute atomic E-state index is 13.7. The summed E-state index contributed by atoms with van der Waals surface area (Å²) >= 11 is 0. The Balaban J connectivity index is 1.53. The van der Waals surface area contributed by atoms with Gasteiger partial charge < -0.3 is 43.7 Å². The van der Waals surface area contributed by atoms with Crippen LogP contribution in [0.25, 0.3) is 0 Å². The standard InChI is InChI=1S/C31H40O14/c1-16(25(37)43-27-24(36)23(35)22(34)20(42-27)15-41-17(2)32)7-6-11-29(4)21-10-13-30(28(39)45-29)12-8-19(26(38)40-5)9-14-31(21,30)44-18(3)33/h6-8,11,20-24,27,34-36H,9-10,12-15H2,1-5H3. The Morgan fingerprint density at radius 2 is 1.76 bits per heavy atom. The topological polar surface area (TPSA) is 201 Å². The quantitative estimate of drug-likeness (QED) is 0.145. The lowest BCUT2D eigenvalue weighted by molar-refractivity contribution is -0.292. The van der Waals surface area contributed by atoms with E-state index in [4.69, 9.17) is 28.4 Å². The van der Waals surface area contributed by atoms with Gasteiger partial charge in [-0.2, -0.15) is 0 Å². The fraction of sp³-hybridized carbons (Fsp3) is 0.645. The number of allylic oxidation sites excluding steroid dienone is 3. The van der Waals surface area contributed by atoms with Crippen LogP contribution < -0.4 is 0 Å². The first-order valence-corrected chi connectivity index (χ1v) is 14.7. The second-order valence-corrected chi connectivity index (χ2v) is 12.1. The molecule has 9 unspecified atom stereocenters. The summed E-state index contributed by atoms with van der Waals surface area (Å²) in [5.74, 6) is -3.69. The molecular weight excluding hydrogens is 596 g/mol. The van der Waals surface area contributed by atoms with Gasteiger partial charge in [-0.15, -0.1) is 0 Å². The van der Waals surface area contributed by atoms with E-state index in [1.54, 1.807) is 19.1 Å². The minimum Gasteiger partial charge on any atom is -0.466 e. The molecule has 3 N–H and O–H groups in total. The predicted octanol–water partition coefficient (Wildman–Crippen LogP) is 0.700. The lowest BCUT2D eigenvalue weighted by Gasteiger charge is -2.54. The first-order valence-electron chi connectivity index (χ1n) is 14.7. The molecule has 3 fully saturated rings. The molecule has 2 aliphatic carbocycles. The van der Waals surface area contributed by atoms with E-state index in [0.29, 0.717) is 18.4 Å². The van der Waals surface area contributed by atoms with Gasteiger partial charge in [-0.25, -0.2) is 9.59 Å². The SMILES string of the molecule is COC(=O)C1=CCC23CCC(C(C)(C=CC=C(C)C(=O)OC4OC(COC(C)=O)C(O)C(O)C4O)OC2=O)C3(OC(C)=O)CC1. The van der Waals surface area contributed by atoms with Gasteiger partial charge in [0.05, 0.1) is 7.11 Å². The Labute approximate surface area is 259 Å². The van der Waals surface area contributed by atoms with Crippen molar-refractivity contribution in [1.82, 2.24) is 0 Å². The van der Waals surface area contributed by atoms with Crippen molar-refractivity contribution in [2.45, 2.75) is 102 Å². The lowest BCUT2D eigenvalue weighted by atomic mass is 9.62. The summed E-state index contributed by atoms with van der Waals surface area (Å²) in [5.41, 5.74) is -3.24. The fourth-order valence-corrected chi connectivity index (χ4v) is 7.00. The van der Waals surface area contributed by atoms with Crippen LogP contribution in [0.4, 0.5) is 0 Å². The van der Waals surface area contributed by atoms with E-state index in [9.17, 15) is 39.3 Å². The van der Waals surface area contributed by atoms with Gasteiger partial charge in [0.1, 0.15) is 47.6 Å². The first kappa shape index (κ1) is 34.3. The van der Waals surface area contributed by atoms with Crippen LogP contribution >= 0.6 is 0 Å². The van der Waals surface area contributed by atoms with Crippen LogP contribution in [0.1, 0.15) is 59.8 Å². The number of ether oxygens (including phenoxy) is 6. The van der Waals surface area contributed by atoms with E-state index in [-0.39, 0.29) is 24.8 Å². The molecule has 248 valence electrons. The highest BCUT2D eigenvalue weighted by atomic mass is 16.7. The maximum Gasteiger partial charge on any atom is 0.336 e. The summed E-state index contributed by atoms with van der Waals surface area (Å²) in [6.45, 7) is 5.08. The molecule has 2 bridgehead atoms. The van der Waals surface area contributed by atoms with Crippen molar-refractivity contribution in [2.24, 2.45) is 11.3 Å². The minimum absolute atomic E-state index is 0.0433. The molecule has 0 spiro atoms. The summed E-state index contributed by atoms with van der Waals surface area (Å²) in [4.78, 5) is 62.5. The zero-order chi connectivity index (χ0) is 33.3. The van der Waals surface area contributed by atoms with Crippen LogP contribution in [0.15, 0.2) is 35.5 Å². The molecular formula is C31H40O14. The van der Waals surface area contributed by atoms with E-state index in [0.717, 1.165) is 6.92 Å². The normalized spacial score (nSPS) is 37.9. The third kappa shape index (κ3) is 6.28. The minimum atomic E-state index is -1.78. The van der Waals surface area contributed by atoms with Crippen LogP contribution in [0.2, 0.25) is 0 Å². The van der Waals surface area contributed by atoms with E-state index in [1.165, 1.54) is 33.1 Å². The van der Waals surface area contributed by atoms with Crippen LogP contribution in [0, 0.1) is 11.3 Å². The molecule has 0 aromatic rings. The summed E-state index contributed by atoms with van der Waals surface area (Å²) in [7, 11) is 1.27. The number of aliphatic hydroxyl groups excluding tert-OH is 3. The molecule has 14 nitrogen and oxygen atoms in total. The Kier molecular flexibility index (Phi) is 9.93. The van der Waals surface area contributed by atoms with Crippen molar-refractivity contribution in [3.63, 3.8) is 0 Å². The number of carbonyl (C=O) groups excluding carboxylic acids is 5. The van der Waals surface area contributed by atoms with Gasteiger partial charge in [0, 0.05) is 30.9 Å². The van der Waals surface area contributed by atoms with Gasteiger partial charge in [0.15, 0.2) is 0 Å². The molecule has 2 saturated heterocycles. The fourth-order valence-electron chi connectivity index (χ4n) is 7.00. The van der Waals surface area contributed by atoms with Gasteiger partial charge >= 0.3 is 29.8 Å². The average Bonchev–Trinajstić information content (AvgIpc) is 3.12. The first-order chi connectivity index (χ1) is 21.1. The maximum atomic E-state index is 13.7. The molecule has 2 heterocycles. The molecule has 9 atom stereocenters. The number of hydrogen-bond acceptors (Lipinski definition) is 14. The predicted molar refractivity (Wildman–Crippen MR) is 150 cm³/mol. The van der Waals surface area contributed by atoms with Crippen LogP contribution in [0.5, 0.6) is 0 Å². The third-order valence-corrected chi connectivity index (χ3v) is 9.30. The largest absolute Gasteiger partial charge is 0.466 e.